The third-order valence-corrected chi connectivity index (χ3v) is 4.71. The van der Waals surface area contributed by atoms with Gasteiger partial charge in [-0.05, 0) is 59.3 Å². The monoisotopic (exact) mass is 427 g/mol. The second-order valence-electron chi connectivity index (χ2n) is 5.79. The molecule has 1 atom stereocenters. The van der Waals surface area contributed by atoms with Crippen molar-refractivity contribution in [3.63, 3.8) is 0 Å². The third kappa shape index (κ3) is 5.78. The number of nitriles is 1. The number of rotatable bonds is 5. The minimum absolute atomic E-state index is 0.0608. The van der Waals surface area contributed by atoms with E-state index in [-0.39, 0.29) is 11.9 Å². The normalized spacial score (nSPS) is 12.0. The molecule has 0 fully saturated rings. The Morgan fingerprint density at radius 1 is 1.21 bits per heavy atom. The zero-order valence-corrected chi connectivity index (χ0v) is 16.5. The number of amides is 1. The molecule has 29 heavy (non-hydrogen) atoms. The van der Waals surface area contributed by atoms with Gasteiger partial charge in [-0.25, -0.2) is 9.38 Å². The van der Waals surface area contributed by atoms with E-state index >= 15 is 0 Å². The Balaban J connectivity index is 1.87. The van der Waals surface area contributed by atoms with Crippen LogP contribution in [0.3, 0.4) is 0 Å². The molecule has 0 spiro atoms. The van der Waals surface area contributed by atoms with Crippen LogP contribution in [0, 0.1) is 17.3 Å². The Hall–Kier alpha value is -3.41. The lowest BCUT2D eigenvalue weighted by Gasteiger charge is -2.16. The lowest BCUT2D eigenvalue weighted by atomic mass is 10.2. The van der Waals surface area contributed by atoms with Gasteiger partial charge in [0.2, 0.25) is 5.96 Å². The smallest absolute Gasteiger partial charge is 0.253 e. The predicted molar refractivity (Wildman–Crippen MR) is 112 cm³/mol. The number of carbonyl (C=O) groups is 1. The summed E-state index contributed by atoms with van der Waals surface area (Å²) in [5, 5.41) is 21.3. The van der Waals surface area contributed by atoms with Gasteiger partial charge in [-0.15, -0.1) is 0 Å². The molecule has 3 N–H and O–H groups in total. The van der Waals surface area contributed by atoms with Gasteiger partial charge in [0, 0.05) is 21.8 Å². The van der Waals surface area contributed by atoms with E-state index < -0.39 is 12.0 Å². The average Bonchev–Trinajstić information content (AvgIpc) is 3.23. The van der Waals surface area contributed by atoms with Crippen LogP contribution in [0.15, 0.2) is 70.3 Å². The second kappa shape index (κ2) is 9.68. The fraction of sp³-hybridized carbons (Fsp3) is 0.0500. The van der Waals surface area contributed by atoms with Crippen molar-refractivity contribution in [1.29, 1.82) is 5.26 Å². The first-order valence-corrected chi connectivity index (χ1v) is 9.71. The highest BCUT2D eigenvalue weighted by atomic mass is 35.5. The van der Waals surface area contributed by atoms with E-state index in [0.29, 0.717) is 16.3 Å². The molecule has 9 heteroatoms. The number of nitrogens with one attached hydrogen (secondary N) is 3. The quantitative estimate of drug-likeness (QED) is 0.242. The lowest BCUT2D eigenvalue weighted by molar-refractivity contribution is 0.0938. The van der Waals surface area contributed by atoms with E-state index in [1.807, 2.05) is 16.8 Å². The summed E-state index contributed by atoms with van der Waals surface area (Å²) in [5.41, 5.74) is 1.55. The number of hydrogen-bond acceptors (Lipinski definition) is 4. The van der Waals surface area contributed by atoms with Gasteiger partial charge in [-0.3, -0.25) is 10.1 Å². The first kappa shape index (κ1) is 20.3. The number of carbonyl (C=O) groups excluding carboxylic acids is 1. The van der Waals surface area contributed by atoms with E-state index in [9.17, 15) is 9.18 Å². The van der Waals surface area contributed by atoms with Crippen molar-refractivity contribution >= 4 is 40.5 Å². The van der Waals surface area contributed by atoms with Crippen LogP contribution < -0.4 is 16.0 Å². The highest BCUT2D eigenvalue weighted by Crippen LogP contribution is 2.20. The largest absolute Gasteiger partial charge is 0.326 e. The molecule has 0 aliphatic heterocycles. The number of anilines is 1. The van der Waals surface area contributed by atoms with Crippen LogP contribution in [0.1, 0.15) is 22.1 Å². The van der Waals surface area contributed by atoms with Crippen molar-refractivity contribution in [2.45, 2.75) is 6.17 Å². The van der Waals surface area contributed by atoms with E-state index in [1.54, 1.807) is 36.5 Å². The van der Waals surface area contributed by atoms with Crippen LogP contribution in [0.5, 0.6) is 0 Å². The van der Waals surface area contributed by atoms with Crippen molar-refractivity contribution in [2.75, 3.05) is 5.32 Å². The summed E-state index contributed by atoms with van der Waals surface area (Å²) in [6, 6.07) is 14.0. The van der Waals surface area contributed by atoms with Crippen molar-refractivity contribution < 1.29 is 9.18 Å². The van der Waals surface area contributed by atoms with Gasteiger partial charge < -0.3 is 10.6 Å². The van der Waals surface area contributed by atoms with Crippen LogP contribution in [0.4, 0.5) is 10.1 Å². The van der Waals surface area contributed by atoms with E-state index in [2.05, 4.69) is 20.9 Å². The molecule has 0 saturated heterocycles. The van der Waals surface area contributed by atoms with Crippen molar-refractivity contribution in [3.05, 3.63) is 87.3 Å². The maximum absolute atomic E-state index is 13.4. The maximum atomic E-state index is 13.4. The molecule has 0 aliphatic rings. The second-order valence-corrected chi connectivity index (χ2v) is 7.01. The van der Waals surface area contributed by atoms with E-state index in [0.717, 1.165) is 5.56 Å². The molecule has 0 aliphatic carbocycles. The molecule has 3 aromatic rings. The summed E-state index contributed by atoms with van der Waals surface area (Å²) in [6.07, 6.45) is 1.01. The minimum atomic E-state index is -0.777. The molecule has 0 radical (unpaired) electrons. The number of guanidine groups is 1. The first-order chi connectivity index (χ1) is 14.0. The first-order valence-electron chi connectivity index (χ1n) is 8.39. The maximum Gasteiger partial charge on any atom is 0.253 e. The zero-order valence-electron chi connectivity index (χ0n) is 14.9. The Kier molecular flexibility index (Phi) is 6.79. The SMILES string of the molecule is N#CN/C(=N\C(NC(=O)c1ccc(Cl)cc1)c1ccsc1)Nc1cccc(F)c1. The fourth-order valence-electron chi connectivity index (χ4n) is 2.41. The molecule has 3 rings (SSSR count). The summed E-state index contributed by atoms with van der Waals surface area (Å²) < 4.78 is 13.4. The minimum Gasteiger partial charge on any atom is -0.326 e. The highest BCUT2D eigenvalue weighted by Gasteiger charge is 2.17. The average molecular weight is 428 g/mol. The van der Waals surface area contributed by atoms with Crippen LogP contribution in [0.25, 0.3) is 0 Å². The lowest BCUT2D eigenvalue weighted by Crippen LogP contribution is -2.32. The van der Waals surface area contributed by atoms with E-state index in [4.69, 9.17) is 16.9 Å². The molecule has 1 unspecified atom stereocenters. The molecule has 2 aromatic carbocycles. The van der Waals surface area contributed by atoms with Gasteiger partial charge in [0.25, 0.3) is 5.91 Å². The molecule has 1 aromatic heterocycles. The number of aliphatic imine (C=N–C) groups is 1. The standard InChI is InChI=1S/C20H15ClFN5OS/c21-15-6-4-13(5-7-15)19(28)26-18(14-8-9-29-11-14)27-20(24-12-23)25-17-3-1-2-16(22)10-17/h1-11,18H,(H,26,28)(H2,24,25,27). The predicted octanol–water partition coefficient (Wildman–Crippen LogP) is 4.51. The molecular formula is C20H15ClFN5OS. The van der Waals surface area contributed by atoms with Crippen LogP contribution >= 0.6 is 22.9 Å². The topological polar surface area (TPSA) is 89.3 Å². The van der Waals surface area contributed by atoms with Crippen LogP contribution in [0.2, 0.25) is 5.02 Å². The van der Waals surface area contributed by atoms with Crippen LogP contribution in [-0.2, 0) is 0 Å². The molecular weight excluding hydrogens is 413 g/mol. The summed E-state index contributed by atoms with van der Waals surface area (Å²) in [6.45, 7) is 0. The number of hydrogen-bond donors (Lipinski definition) is 3. The van der Waals surface area contributed by atoms with Gasteiger partial charge in [0.1, 0.15) is 5.82 Å². The Labute approximate surface area is 175 Å². The number of halogens is 2. The highest BCUT2D eigenvalue weighted by molar-refractivity contribution is 7.08. The Bertz CT molecular complexity index is 1050. The zero-order chi connectivity index (χ0) is 20.6. The third-order valence-electron chi connectivity index (χ3n) is 3.75. The summed E-state index contributed by atoms with van der Waals surface area (Å²) in [4.78, 5) is 17.0. The van der Waals surface area contributed by atoms with Gasteiger partial charge in [-0.1, -0.05) is 17.7 Å². The molecule has 146 valence electrons. The van der Waals surface area contributed by atoms with Gasteiger partial charge in [0.05, 0.1) is 0 Å². The van der Waals surface area contributed by atoms with Crippen molar-refractivity contribution in [3.8, 4) is 6.19 Å². The van der Waals surface area contributed by atoms with Gasteiger partial charge in [-0.2, -0.15) is 16.6 Å². The van der Waals surface area contributed by atoms with Gasteiger partial charge >= 0.3 is 0 Å². The van der Waals surface area contributed by atoms with E-state index in [1.165, 1.54) is 29.5 Å². The van der Waals surface area contributed by atoms with Crippen LogP contribution in [-0.4, -0.2) is 11.9 Å². The Morgan fingerprint density at radius 2 is 2.00 bits per heavy atom. The summed E-state index contributed by atoms with van der Waals surface area (Å²) in [7, 11) is 0. The summed E-state index contributed by atoms with van der Waals surface area (Å²) in [5.74, 6) is -0.730. The number of benzene rings is 2. The number of thiophene rings is 1. The molecule has 6 nitrogen and oxygen atoms in total. The molecule has 1 heterocycles. The van der Waals surface area contributed by atoms with Gasteiger partial charge in [0.15, 0.2) is 12.4 Å². The van der Waals surface area contributed by atoms with Crippen molar-refractivity contribution in [1.82, 2.24) is 10.6 Å². The molecule has 0 saturated carbocycles. The Morgan fingerprint density at radius 3 is 2.66 bits per heavy atom. The molecule has 1 amide bonds. The fourth-order valence-corrected chi connectivity index (χ4v) is 3.22. The number of nitrogens with zero attached hydrogens (tertiary/aromatic N) is 2. The molecule has 0 bridgehead atoms. The summed E-state index contributed by atoms with van der Waals surface area (Å²) >= 11 is 7.31. The van der Waals surface area contributed by atoms with Crippen molar-refractivity contribution in [2.24, 2.45) is 4.99 Å².